The molecule has 5 heteroatoms. The summed E-state index contributed by atoms with van der Waals surface area (Å²) in [6, 6.07) is 6.42. The molecular weight excluding hydrogens is 301 g/mol. The van der Waals surface area contributed by atoms with Crippen molar-refractivity contribution in [2.24, 2.45) is 0 Å². The van der Waals surface area contributed by atoms with E-state index in [1.807, 2.05) is 18.3 Å². The fourth-order valence-corrected chi connectivity index (χ4v) is 3.03. The van der Waals surface area contributed by atoms with Crippen LogP contribution in [0.5, 0.6) is 0 Å². The van der Waals surface area contributed by atoms with E-state index >= 15 is 0 Å². The third-order valence-corrected chi connectivity index (χ3v) is 4.17. The lowest BCUT2D eigenvalue weighted by atomic mass is 9.95. The Kier molecular flexibility index (Phi) is 4.42. The van der Waals surface area contributed by atoms with E-state index in [1.165, 1.54) is 31.5 Å². The minimum atomic E-state index is -4.44. The van der Waals surface area contributed by atoms with Crippen LogP contribution in [0.25, 0.3) is 0 Å². The average molecular weight is 318 g/mol. The smallest absolute Gasteiger partial charge is 0.338 e. The number of pyridine rings is 1. The molecule has 1 saturated carbocycles. The predicted molar refractivity (Wildman–Crippen MR) is 81.8 cm³/mol. The highest BCUT2D eigenvalue weighted by atomic mass is 19.4. The van der Waals surface area contributed by atoms with Crippen LogP contribution in [-0.2, 0) is 6.18 Å². The third-order valence-electron chi connectivity index (χ3n) is 4.17. The molecule has 0 saturated heterocycles. The van der Waals surface area contributed by atoms with Crippen molar-refractivity contribution >= 4 is 0 Å². The van der Waals surface area contributed by atoms with Crippen LogP contribution < -0.4 is 0 Å². The molecule has 0 radical (unpaired) electrons. The van der Waals surface area contributed by atoms with Crippen LogP contribution in [0.2, 0.25) is 0 Å². The molecule has 2 heterocycles. The van der Waals surface area contributed by atoms with Gasteiger partial charge in [0.15, 0.2) is 0 Å². The lowest BCUT2D eigenvalue weighted by molar-refractivity contribution is -0.138. The van der Waals surface area contributed by atoms with Gasteiger partial charge in [-0.05, 0) is 48.9 Å². The Morgan fingerprint density at radius 3 is 2.57 bits per heavy atom. The molecule has 0 N–H and O–H groups in total. The molecule has 2 nitrogen and oxygen atoms in total. The van der Waals surface area contributed by atoms with Crippen molar-refractivity contribution in [2.75, 3.05) is 0 Å². The molecule has 1 aliphatic rings. The number of nitrogens with zero attached hydrogens (tertiary/aromatic N) is 2. The molecule has 0 spiro atoms. The molecule has 120 valence electrons. The van der Waals surface area contributed by atoms with Crippen molar-refractivity contribution in [3.05, 3.63) is 53.6 Å². The van der Waals surface area contributed by atoms with Crippen molar-refractivity contribution in [3.63, 3.8) is 0 Å². The number of rotatable bonds is 1. The van der Waals surface area contributed by atoms with Gasteiger partial charge in [-0.1, -0.05) is 19.3 Å². The quantitative estimate of drug-likeness (QED) is 0.690. The molecule has 1 fully saturated rings. The van der Waals surface area contributed by atoms with Crippen LogP contribution in [0.15, 0.2) is 36.7 Å². The third kappa shape index (κ3) is 3.58. The summed E-state index contributed by atoms with van der Waals surface area (Å²) in [5, 5.41) is 0. The maximum absolute atomic E-state index is 13.0. The van der Waals surface area contributed by atoms with Gasteiger partial charge in [0.2, 0.25) is 0 Å². The summed E-state index contributed by atoms with van der Waals surface area (Å²) >= 11 is 0. The van der Waals surface area contributed by atoms with Crippen LogP contribution in [0.1, 0.15) is 55.1 Å². The van der Waals surface area contributed by atoms with Gasteiger partial charge >= 0.3 is 6.18 Å². The molecule has 0 aliphatic heterocycles. The molecule has 23 heavy (non-hydrogen) atoms. The lowest BCUT2D eigenvalue weighted by Crippen LogP contribution is -2.13. The normalized spacial score (nSPS) is 16.0. The zero-order chi connectivity index (χ0) is 16.3. The highest BCUT2D eigenvalue weighted by Crippen LogP contribution is 2.31. The predicted octanol–water partition coefficient (Wildman–Crippen LogP) is 4.81. The van der Waals surface area contributed by atoms with E-state index in [2.05, 4.69) is 21.4 Å². The second-order valence-corrected chi connectivity index (χ2v) is 5.74. The summed E-state index contributed by atoms with van der Waals surface area (Å²) in [6.45, 7) is 0. The van der Waals surface area contributed by atoms with Crippen LogP contribution in [0.3, 0.4) is 0 Å². The summed E-state index contributed by atoms with van der Waals surface area (Å²) in [4.78, 5) is 3.78. The number of hydrogen-bond acceptors (Lipinski definition) is 1. The first-order valence-electron chi connectivity index (χ1n) is 7.77. The van der Waals surface area contributed by atoms with E-state index in [4.69, 9.17) is 0 Å². The second kappa shape index (κ2) is 6.49. The summed E-state index contributed by atoms with van der Waals surface area (Å²) in [7, 11) is 0. The number of hydrogen-bond donors (Lipinski definition) is 0. The van der Waals surface area contributed by atoms with Gasteiger partial charge in [0, 0.05) is 18.4 Å². The Morgan fingerprint density at radius 2 is 1.83 bits per heavy atom. The minimum Gasteiger partial charge on any atom is -0.338 e. The van der Waals surface area contributed by atoms with Gasteiger partial charge in [-0.15, -0.1) is 0 Å². The van der Waals surface area contributed by atoms with Crippen LogP contribution >= 0.6 is 0 Å². The van der Waals surface area contributed by atoms with Gasteiger partial charge in [-0.25, -0.2) is 4.98 Å². The highest BCUT2D eigenvalue weighted by molar-refractivity contribution is 5.42. The van der Waals surface area contributed by atoms with Crippen molar-refractivity contribution in [2.45, 2.75) is 44.3 Å². The minimum absolute atomic E-state index is 0.226. The van der Waals surface area contributed by atoms with Crippen molar-refractivity contribution in [1.82, 2.24) is 9.55 Å². The summed E-state index contributed by atoms with van der Waals surface area (Å²) in [5.41, 5.74) is -0.268. The Morgan fingerprint density at radius 1 is 1.04 bits per heavy atom. The van der Waals surface area contributed by atoms with Gasteiger partial charge < -0.3 is 4.57 Å². The van der Waals surface area contributed by atoms with E-state index in [-0.39, 0.29) is 5.69 Å². The SMILES string of the molecule is FC(F)(F)c1cccnc1C#Cc1cccn1C1CCCCC1. The van der Waals surface area contributed by atoms with E-state index in [0.717, 1.165) is 24.6 Å². The van der Waals surface area contributed by atoms with Crippen LogP contribution in [-0.4, -0.2) is 9.55 Å². The van der Waals surface area contributed by atoms with Gasteiger partial charge in [-0.3, -0.25) is 0 Å². The van der Waals surface area contributed by atoms with Crippen molar-refractivity contribution in [1.29, 1.82) is 0 Å². The summed E-state index contributed by atoms with van der Waals surface area (Å²) in [5.74, 6) is 5.47. The van der Waals surface area contributed by atoms with E-state index in [9.17, 15) is 13.2 Å². The fraction of sp³-hybridized carbons (Fsp3) is 0.389. The Bertz CT molecular complexity index is 728. The zero-order valence-electron chi connectivity index (χ0n) is 12.6. The first-order chi connectivity index (χ1) is 11.1. The average Bonchev–Trinajstić information content (AvgIpc) is 3.02. The molecule has 0 atom stereocenters. The van der Waals surface area contributed by atoms with E-state index in [0.29, 0.717) is 6.04 Å². The number of halogens is 3. The molecule has 0 aromatic carbocycles. The maximum atomic E-state index is 13.0. The van der Waals surface area contributed by atoms with Gasteiger partial charge in [-0.2, -0.15) is 13.2 Å². The van der Waals surface area contributed by atoms with Crippen molar-refractivity contribution < 1.29 is 13.2 Å². The zero-order valence-corrected chi connectivity index (χ0v) is 12.6. The lowest BCUT2D eigenvalue weighted by Gasteiger charge is -2.24. The molecule has 0 unspecified atom stereocenters. The molecular formula is C18H17F3N2. The number of aromatic nitrogens is 2. The molecule has 2 aromatic heterocycles. The Balaban J connectivity index is 1.90. The number of alkyl halides is 3. The fourth-order valence-electron chi connectivity index (χ4n) is 3.03. The largest absolute Gasteiger partial charge is 0.419 e. The standard InChI is InChI=1S/C18H17F3N2/c19-18(20,21)16-9-4-12-22-17(16)11-10-15-8-5-13-23(15)14-6-2-1-3-7-14/h4-5,8-9,12-14H,1-3,6-7H2. The Labute approximate surface area is 133 Å². The second-order valence-electron chi connectivity index (χ2n) is 5.74. The highest BCUT2D eigenvalue weighted by Gasteiger charge is 2.33. The van der Waals surface area contributed by atoms with Crippen LogP contribution in [0, 0.1) is 11.8 Å². The summed E-state index contributed by atoms with van der Waals surface area (Å²) < 4.78 is 41.0. The van der Waals surface area contributed by atoms with Crippen LogP contribution in [0.4, 0.5) is 13.2 Å². The van der Waals surface area contributed by atoms with Crippen molar-refractivity contribution in [3.8, 4) is 11.8 Å². The topological polar surface area (TPSA) is 17.8 Å². The van der Waals surface area contributed by atoms with Gasteiger partial charge in [0.25, 0.3) is 0 Å². The molecule has 2 aromatic rings. The first kappa shape index (κ1) is 15.7. The molecule has 3 rings (SSSR count). The molecule has 1 aliphatic carbocycles. The molecule has 0 bridgehead atoms. The monoisotopic (exact) mass is 318 g/mol. The van der Waals surface area contributed by atoms with Gasteiger partial charge in [0.1, 0.15) is 5.69 Å². The molecule has 0 amide bonds. The van der Waals surface area contributed by atoms with E-state index in [1.54, 1.807) is 0 Å². The maximum Gasteiger partial charge on any atom is 0.419 e. The van der Waals surface area contributed by atoms with E-state index < -0.39 is 11.7 Å². The first-order valence-corrected chi connectivity index (χ1v) is 7.77. The summed E-state index contributed by atoms with van der Waals surface area (Å²) in [6.07, 6.45) is 4.68. The Hall–Kier alpha value is -2.22. The van der Waals surface area contributed by atoms with Gasteiger partial charge in [0.05, 0.1) is 11.3 Å².